The third kappa shape index (κ3) is 3.67. The van der Waals surface area contributed by atoms with Gasteiger partial charge in [-0.05, 0) is 25.3 Å². The molecule has 30 heavy (non-hydrogen) atoms. The van der Waals surface area contributed by atoms with E-state index in [1.54, 1.807) is 0 Å². The number of hydrogen-bond donors (Lipinski definition) is 1. The molecular formula is C20H21F2N5O2S. The largest absolute Gasteiger partial charge is 0.348 e. The fourth-order valence-corrected chi connectivity index (χ4v) is 4.69. The fourth-order valence-electron chi connectivity index (χ4n) is 3.68. The fraction of sp³-hybridized carbons (Fsp3) is 0.400. The smallest absolute Gasteiger partial charge is 0.295 e. The second kappa shape index (κ2) is 8.10. The first-order valence-corrected chi connectivity index (χ1v) is 10.5. The minimum Gasteiger partial charge on any atom is -0.348 e. The van der Waals surface area contributed by atoms with E-state index in [1.165, 1.54) is 7.05 Å². The number of nitrogens with zero attached hydrogens (tertiary/aromatic N) is 4. The molecule has 0 radical (unpaired) electrons. The Labute approximate surface area is 175 Å². The summed E-state index contributed by atoms with van der Waals surface area (Å²) in [5.41, 5.74) is 0.434. The molecule has 3 heterocycles. The summed E-state index contributed by atoms with van der Waals surface area (Å²) in [7, 11) is 1.26. The highest BCUT2D eigenvalue weighted by Gasteiger charge is 2.34. The Bertz CT molecular complexity index is 1130. The van der Waals surface area contributed by atoms with Crippen LogP contribution in [0.2, 0.25) is 0 Å². The normalized spacial score (nSPS) is 17.6. The van der Waals surface area contributed by atoms with Crippen LogP contribution in [0.15, 0.2) is 35.1 Å². The van der Waals surface area contributed by atoms with Gasteiger partial charge in [0.1, 0.15) is 6.04 Å². The van der Waals surface area contributed by atoms with E-state index in [0.717, 1.165) is 27.9 Å². The van der Waals surface area contributed by atoms with Crippen LogP contribution in [0.25, 0.3) is 10.3 Å². The molecule has 1 N–H and O–H groups in total. The molecule has 0 bridgehead atoms. The number of thiazole rings is 1. The minimum atomic E-state index is -2.86. The molecule has 1 aliphatic rings. The number of halogens is 2. The Balaban J connectivity index is 1.60. The molecule has 0 aliphatic carbocycles. The number of amides is 1. The average Bonchev–Trinajstić information content (AvgIpc) is 3.38. The van der Waals surface area contributed by atoms with Gasteiger partial charge in [-0.15, -0.1) is 0 Å². The summed E-state index contributed by atoms with van der Waals surface area (Å²) in [6.45, 7) is 2.52. The Kier molecular flexibility index (Phi) is 5.50. The van der Waals surface area contributed by atoms with Crippen LogP contribution in [0, 0.1) is 0 Å². The number of carbonyl (C=O) groups excluding carboxylic acids is 1. The van der Waals surface area contributed by atoms with Gasteiger partial charge in [0.25, 0.3) is 12.0 Å². The first-order chi connectivity index (χ1) is 14.4. The number of hydrogen-bond acceptors (Lipinski definition) is 6. The molecule has 0 saturated carbocycles. The van der Waals surface area contributed by atoms with Gasteiger partial charge in [-0.25, -0.2) is 18.7 Å². The van der Waals surface area contributed by atoms with Crippen molar-refractivity contribution in [3.63, 3.8) is 0 Å². The molecule has 10 heteroatoms. The summed E-state index contributed by atoms with van der Waals surface area (Å²) in [4.78, 5) is 35.6. The van der Waals surface area contributed by atoms with Crippen molar-refractivity contribution in [1.29, 1.82) is 0 Å². The maximum Gasteiger partial charge on any atom is 0.295 e. The number of benzene rings is 1. The average molecular weight is 433 g/mol. The van der Waals surface area contributed by atoms with E-state index < -0.39 is 23.9 Å². The lowest BCUT2D eigenvalue weighted by Gasteiger charge is -2.25. The highest BCUT2D eigenvalue weighted by atomic mass is 32.1. The lowest BCUT2D eigenvalue weighted by atomic mass is 10.1. The van der Waals surface area contributed by atoms with Gasteiger partial charge in [0.15, 0.2) is 21.3 Å². The quantitative estimate of drug-likeness (QED) is 0.669. The van der Waals surface area contributed by atoms with Gasteiger partial charge in [-0.3, -0.25) is 14.2 Å². The standard InChI is InChI=1S/C20H21F2N5O2S/c1-11(12-7-4-3-5-8-12)23-17(28)13-9-6-10-27(13)20-24-14-18(30-20)25-16(15(21)22)26(2)19(14)29/h3-5,7-8,11,13,15H,6,9-10H2,1-2H3,(H,23,28)/t11-,13?/m1/s1. The molecule has 1 unspecified atom stereocenters. The lowest BCUT2D eigenvalue weighted by molar-refractivity contribution is -0.122. The van der Waals surface area contributed by atoms with Crippen LogP contribution < -0.4 is 15.8 Å². The monoisotopic (exact) mass is 433 g/mol. The maximum absolute atomic E-state index is 13.2. The Morgan fingerprint density at radius 3 is 2.70 bits per heavy atom. The third-order valence-corrected chi connectivity index (χ3v) is 6.31. The summed E-state index contributed by atoms with van der Waals surface area (Å²) in [5.74, 6) is -0.715. The zero-order valence-corrected chi connectivity index (χ0v) is 17.3. The Morgan fingerprint density at radius 2 is 2.00 bits per heavy atom. The summed E-state index contributed by atoms with van der Waals surface area (Å²) >= 11 is 1.06. The summed E-state index contributed by atoms with van der Waals surface area (Å²) < 4.78 is 27.2. The van der Waals surface area contributed by atoms with Crippen molar-refractivity contribution < 1.29 is 13.6 Å². The first-order valence-electron chi connectivity index (χ1n) is 9.64. The van der Waals surface area contributed by atoms with E-state index >= 15 is 0 Å². The minimum absolute atomic E-state index is 0.0469. The zero-order chi connectivity index (χ0) is 21.4. The van der Waals surface area contributed by atoms with Gasteiger partial charge in [-0.1, -0.05) is 41.7 Å². The first kappa shape index (κ1) is 20.4. The van der Waals surface area contributed by atoms with E-state index in [2.05, 4.69) is 15.3 Å². The van der Waals surface area contributed by atoms with E-state index in [9.17, 15) is 18.4 Å². The molecule has 1 aliphatic heterocycles. The van der Waals surface area contributed by atoms with Crippen molar-refractivity contribution in [2.75, 3.05) is 11.4 Å². The highest BCUT2D eigenvalue weighted by molar-refractivity contribution is 7.21. The molecule has 4 rings (SSSR count). The van der Waals surface area contributed by atoms with Gasteiger partial charge >= 0.3 is 0 Å². The van der Waals surface area contributed by atoms with Crippen LogP contribution >= 0.6 is 11.3 Å². The number of rotatable bonds is 5. The van der Waals surface area contributed by atoms with Crippen LogP contribution in [-0.4, -0.2) is 33.0 Å². The number of nitrogens with one attached hydrogen (secondary N) is 1. The molecule has 7 nitrogen and oxygen atoms in total. The number of aromatic nitrogens is 3. The van der Waals surface area contributed by atoms with Crippen molar-refractivity contribution >= 4 is 32.7 Å². The topological polar surface area (TPSA) is 80.1 Å². The van der Waals surface area contributed by atoms with Crippen molar-refractivity contribution in [3.05, 3.63) is 52.1 Å². The zero-order valence-electron chi connectivity index (χ0n) is 16.5. The maximum atomic E-state index is 13.2. The molecule has 1 fully saturated rings. The molecule has 158 valence electrons. The van der Waals surface area contributed by atoms with Gasteiger partial charge in [0, 0.05) is 13.6 Å². The van der Waals surface area contributed by atoms with Crippen molar-refractivity contribution in [3.8, 4) is 0 Å². The van der Waals surface area contributed by atoms with Crippen LogP contribution in [0.4, 0.5) is 13.9 Å². The second-order valence-corrected chi connectivity index (χ2v) is 8.23. The second-order valence-electron chi connectivity index (χ2n) is 7.28. The third-order valence-electron chi connectivity index (χ3n) is 5.32. The van der Waals surface area contributed by atoms with E-state index in [4.69, 9.17) is 0 Å². The Morgan fingerprint density at radius 1 is 1.27 bits per heavy atom. The number of carbonyl (C=O) groups is 1. The van der Waals surface area contributed by atoms with E-state index in [1.807, 2.05) is 42.2 Å². The molecular weight excluding hydrogens is 412 g/mol. The number of fused-ring (bicyclic) bond motifs is 1. The van der Waals surface area contributed by atoms with Crippen molar-refractivity contribution in [2.24, 2.45) is 7.05 Å². The SMILES string of the molecule is C[C@@H](NC(=O)C1CCCN1c1nc2c(=O)n(C)c(C(F)F)nc2s1)c1ccccc1. The summed E-state index contributed by atoms with van der Waals surface area (Å²) in [6, 6.07) is 9.07. The van der Waals surface area contributed by atoms with Gasteiger partial charge in [0.05, 0.1) is 6.04 Å². The molecule has 2 atom stereocenters. The van der Waals surface area contributed by atoms with Gasteiger partial charge in [-0.2, -0.15) is 0 Å². The highest BCUT2D eigenvalue weighted by Crippen LogP contribution is 2.32. The van der Waals surface area contributed by atoms with Crippen LogP contribution in [0.1, 0.15) is 43.6 Å². The number of anilines is 1. The molecule has 2 aromatic heterocycles. The van der Waals surface area contributed by atoms with Crippen LogP contribution in [0.5, 0.6) is 0 Å². The lowest BCUT2D eigenvalue weighted by Crippen LogP contribution is -2.44. The van der Waals surface area contributed by atoms with E-state index in [-0.39, 0.29) is 22.3 Å². The van der Waals surface area contributed by atoms with Crippen LogP contribution in [-0.2, 0) is 11.8 Å². The summed E-state index contributed by atoms with van der Waals surface area (Å²) in [6.07, 6.45) is -1.42. The molecule has 1 saturated heterocycles. The predicted octanol–water partition coefficient (Wildman–Crippen LogP) is 3.17. The summed E-state index contributed by atoms with van der Waals surface area (Å²) in [5, 5.41) is 3.48. The van der Waals surface area contributed by atoms with Gasteiger partial charge < -0.3 is 10.2 Å². The Hall–Kier alpha value is -2.88. The van der Waals surface area contributed by atoms with E-state index in [0.29, 0.717) is 18.1 Å². The molecule has 3 aromatic rings. The molecule has 1 amide bonds. The van der Waals surface area contributed by atoms with Crippen molar-refractivity contribution in [2.45, 2.75) is 38.3 Å². The van der Waals surface area contributed by atoms with Crippen molar-refractivity contribution in [1.82, 2.24) is 19.9 Å². The molecule has 1 aromatic carbocycles. The number of alkyl halides is 2. The predicted molar refractivity (Wildman–Crippen MR) is 111 cm³/mol. The molecule has 0 spiro atoms. The van der Waals surface area contributed by atoms with Crippen LogP contribution in [0.3, 0.4) is 0 Å². The van der Waals surface area contributed by atoms with Gasteiger partial charge in [0.2, 0.25) is 5.91 Å².